The molecule has 0 bridgehead atoms. The Hall–Kier alpha value is -4.25. The van der Waals surface area contributed by atoms with Crippen molar-refractivity contribution in [2.45, 2.75) is 53.0 Å². The lowest BCUT2D eigenvalue weighted by Gasteiger charge is -2.24. The molecule has 1 aliphatic heterocycles. The van der Waals surface area contributed by atoms with E-state index in [1.165, 1.54) is 19.2 Å². The third-order valence-electron chi connectivity index (χ3n) is 6.85. The number of ketones is 1. The average molecular weight is 597 g/mol. The lowest BCUT2D eigenvalue weighted by Crippen LogP contribution is -2.29. The van der Waals surface area contributed by atoms with Gasteiger partial charge in [0.1, 0.15) is 16.5 Å². The number of thiazole rings is 1. The first-order valence-corrected chi connectivity index (χ1v) is 14.5. The van der Waals surface area contributed by atoms with Crippen LogP contribution in [0.5, 0.6) is 11.5 Å². The molecule has 4 rings (SSSR count). The van der Waals surface area contributed by atoms with Crippen molar-refractivity contribution < 1.29 is 38.1 Å². The fourth-order valence-corrected chi connectivity index (χ4v) is 5.61. The van der Waals surface area contributed by atoms with Crippen molar-refractivity contribution in [2.24, 2.45) is 0 Å². The number of unbranched alkanes of at least 4 members (excludes halogenated alkanes) is 2. The van der Waals surface area contributed by atoms with Crippen LogP contribution in [0, 0.1) is 19.7 Å². The van der Waals surface area contributed by atoms with Gasteiger partial charge >= 0.3 is 11.9 Å². The van der Waals surface area contributed by atoms with Crippen molar-refractivity contribution in [3.05, 3.63) is 75.0 Å². The Morgan fingerprint density at radius 2 is 1.86 bits per heavy atom. The number of carbonyl (C=O) groups excluding carboxylic acids is 3. The summed E-state index contributed by atoms with van der Waals surface area (Å²) in [5.74, 6) is -2.83. The number of rotatable bonds is 11. The van der Waals surface area contributed by atoms with Crippen LogP contribution in [-0.2, 0) is 14.3 Å². The number of Topliss-reactive ketones (excluding diaryl/α,β-unsaturated/α-hetero) is 1. The van der Waals surface area contributed by atoms with Crippen LogP contribution in [0.3, 0.4) is 0 Å². The Kier molecular flexibility index (Phi) is 9.62. The summed E-state index contributed by atoms with van der Waals surface area (Å²) in [6.45, 7) is 7.57. The summed E-state index contributed by atoms with van der Waals surface area (Å²) in [5, 5.41) is 11.4. The zero-order valence-corrected chi connectivity index (χ0v) is 25.0. The molecule has 0 spiro atoms. The smallest absolute Gasteiger partial charge is 0.350 e. The van der Waals surface area contributed by atoms with E-state index in [1.54, 1.807) is 39.0 Å². The highest BCUT2D eigenvalue weighted by Gasteiger charge is 2.48. The molecule has 2 heterocycles. The van der Waals surface area contributed by atoms with Gasteiger partial charge in [-0.05, 0) is 56.5 Å². The quantitative estimate of drug-likeness (QED) is 0.0904. The summed E-state index contributed by atoms with van der Waals surface area (Å²) in [5.41, 5.74) is 0.862. The van der Waals surface area contributed by atoms with Crippen LogP contribution in [0.2, 0.25) is 0 Å². The molecule has 1 saturated heterocycles. The van der Waals surface area contributed by atoms with Crippen molar-refractivity contribution in [1.29, 1.82) is 0 Å². The number of aromatic nitrogens is 1. The second-order valence-electron chi connectivity index (χ2n) is 9.73. The second-order valence-corrected chi connectivity index (χ2v) is 10.7. The first-order chi connectivity index (χ1) is 20.1. The Morgan fingerprint density at radius 1 is 1.10 bits per heavy atom. The summed E-state index contributed by atoms with van der Waals surface area (Å²) < 4.78 is 31.1. The van der Waals surface area contributed by atoms with E-state index in [9.17, 15) is 23.9 Å². The van der Waals surface area contributed by atoms with Gasteiger partial charge in [0.25, 0.3) is 5.78 Å². The molecule has 1 N–H and O–H groups in total. The third-order valence-corrected chi connectivity index (χ3v) is 7.99. The molecule has 0 saturated carbocycles. The molecule has 11 heteroatoms. The van der Waals surface area contributed by atoms with Crippen molar-refractivity contribution in [3.8, 4) is 11.5 Å². The van der Waals surface area contributed by atoms with Crippen molar-refractivity contribution in [2.75, 3.05) is 25.2 Å². The Balaban J connectivity index is 1.88. The molecule has 222 valence electrons. The van der Waals surface area contributed by atoms with Gasteiger partial charge in [0.05, 0.1) is 37.6 Å². The monoisotopic (exact) mass is 596 g/mol. The molecule has 42 heavy (non-hydrogen) atoms. The molecule has 2 aromatic carbocycles. The fraction of sp³-hybridized carbons (Fsp3) is 0.355. The van der Waals surface area contributed by atoms with Crippen molar-refractivity contribution in [3.63, 3.8) is 0 Å². The zero-order valence-electron chi connectivity index (χ0n) is 24.2. The van der Waals surface area contributed by atoms with Gasteiger partial charge in [0.2, 0.25) is 0 Å². The van der Waals surface area contributed by atoms with Crippen LogP contribution in [0.25, 0.3) is 5.76 Å². The van der Waals surface area contributed by atoms with Crippen LogP contribution in [-0.4, -0.2) is 48.1 Å². The molecule has 9 nitrogen and oxygen atoms in total. The summed E-state index contributed by atoms with van der Waals surface area (Å²) in [7, 11) is 1.47. The number of anilines is 1. The molecule has 3 aromatic rings. The van der Waals surface area contributed by atoms with Gasteiger partial charge in [-0.25, -0.2) is 14.2 Å². The van der Waals surface area contributed by atoms with Crippen LogP contribution in [0.15, 0.2) is 42.0 Å². The molecular weight excluding hydrogens is 563 g/mol. The first kappa shape index (κ1) is 30.7. The van der Waals surface area contributed by atoms with Gasteiger partial charge < -0.3 is 19.3 Å². The van der Waals surface area contributed by atoms with E-state index in [0.29, 0.717) is 34.9 Å². The standard InChI is InChI=1S/C31H33FN2O7S/c1-6-8-9-14-41-22-13-12-19(16-23(22)39-5)25-24(26(35)20-11-10-17(3)21(32)15-20)27(36)29(37)34(25)31-33-18(4)28(42-31)30(38)40-7-2/h10-13,15-16,25,35H,6-9,14H2,1-5H3/t25-/m0/s1. The minimum Gasteiger partial charge on any atom is -0.507 e. The van der Waals surface area contributed by atoms with Gasteiger partial charge in [-0.1, -0.05) is 49.3 Å². The highest BCUT2D eigenvalue weighted by Crippen LogP contribution is 2.45. The lowest BCUT2D eigenvalue weighted by atomic mass is 9.94. The average Bonchev–Trinajstić information content (AvgIpc) is 3.48. The highest BCUT2D eigenvalue weighted by molar-refractivity contribution is 7.17. The van der Waals surface area contributed by atoms with E-state index >= 15 is 0 Å². The number of ether oxygens (including phenoxy) is 3. The predicted molar refractivity (Wildman–Crippen MR) is 157 cm³/mol. The fourth-order valence-electron chi connectivity index (χ4n) is 4.62. The molecule has 1 fully saturated rings. The number of nitrogens with zero attached hydrogens (tertiary/aromatic N) is 2. The number of aliphatic hydroxyl groups excluding tert-OH is 1. The summed E-state index contributed by atoms with van der Waals surface area (Å²) in [4.78, 5) is 45.3. The number of amides is 1. The van der Waals surface area contributed by atoms with Crippen molar-refractivity contribution in [1.82, 2.24) is 4.98 Å². The van der Waals surface area contributed by atoms with Crippen LogP contribution in [0.4, 0.5) is 9.52 Å². The van der Waals surface area contributed by atoms with E-state index in [2.05, 4.69) is 11.9 Å². The SMILES string of the molecule is CCCCCOc1ccc([C@H]2C(=C(O)c3ccc(C)c(F)c3)C(=O)C(=O)N2c2nc(C)c(C(=O)OCC)s2)cc1OC. The van der Waals surface area contributed by atoms with Gasteiger partial charge in [-0.2, -0.15) is 0 Å². The Labute approximate surface area is 247 Å². The number of benzene rings is 2. The third kappa shape index (κ3) is 6.01. The number of carbonyl (C=O) groups is 3. The molecule has 1 atom stereocenters. The molecular formula is C31H33FN2O7S. The minimum absolute atomic E-state index is 0.0338. The normalized spacial score (nSPS) is 16.1. The van der Waals surface area contributed by atoms with E-state index < -0.39 is 35.3 Å². The highest BCUT2D eigenvalue weighted by atomic mass is 32.1. The molecule has 0 aliphatic carbocycles. The lowest BCUT2D eigenvalue weighted by molar-refractivity contribution is -0.132. The number of hydrogen-bond acceptors (Lipinski definition) is 9. The summed E-state index contributed by atoms with van der Waals surface area (Å²) in [6, 6.07) is 7.83. The number of halogens is 1. The zero-order chi connectivity index (χ0) is 30.6. The Bertz CT molecular complexity index is 1550. The van der Waals surface area contributed by atoms with E-state index in [0.717, 1.165) is 41.6 Å². The molecule has 0 radical (unpaired) electrons. The van der Waals surface area contributed by atoms with Gasteiger partial charge in [-0.15, -0.1) is 0 Å². The van der Waals surface area contributed by atoms with Gasteiger partial charge in [0, 0.05) is 5.56 Å². The number of aryl methyl sites for hydroxylation is 2. The van der Waals surface area contributed by atoms with Crippen molar-refractivity contribution >= 4 is 39.9 Å². The molecule has 1 amide bonds. The molecule has 1 aromatic heterocycles. The molecule has 0 unspecified atom stereocenters. The van der Waals surface area contributed by atoms with Gasteiger partial charge in [0.15, 0.2) is 16.6 Å². The number of methoxy groups -OCH3 is 1. The van der Waals surface area contributed by atoms with E-state index in [1.807, 2.05) is 0 Å². The maximum Gasteiger partial charge on any atom is 0.350 e. The second kappa shape index (κ2) is 13.2. The number of hydrogen-bond donors (Lipinski definition) is 1. The number of aliphatic hydroxyl groups is 1. The summed E-state index contributed by atoms with van der Waals surface area (Å²) in [6.07, 6.45) is 2.91. The van der Waals surface area contributed by atoms with Crippen LogP contribution < -0.4 is 14.4 Å². The first-order valence-electron chi connectivity index (χ1n) is 13.7. The molecule has 1 aliphatic rings. The minimum atomic E-state index is -1.17. The van der Waals surface area contributed by atoms with Crippen LogP contribution in [0.1, 0.15) is 71.2 Å². The van der Waals surface area contributed by atoms with E-state index in [-0.39, 0.29) is 27.8 Å². The summed E-state index contributed by atoms with van der Waals surface area (Å²) >= 11 is 0.899. The largest absolute Gasteiger partial charge is 0.507 e. The topological polar surface area (TPSA) is 115 Å². The van der Waals surface area contributed by atoms with E-state index in [4.69, 9.17) is 14.2 Å². The maximum atomic E-state index is 14.5. The maximum absolute atomic E-state index is 14.5. The number of esters is 1. The Morgan fingerprint density at radius 3 is 2.52 bits per heavy atom. The predicted octanol–water partition coefficient (Wildman–Crippen LogP) is 6.28. The van der Waals surface area contributed by atoms with Crippen LogP contribution >= 0.6 is 11.3 Å². The van der Waals surface area contributed by atoms with Gasteiger partial charge in [-0.3, -0.25) is 14.5 Å².